The molecule has 1 aliphatic heterocycles. The smallest absolute Gasteiger partial charge is 0.335 e. The number of aromatic carboxylic acids is 1. The van der Waals surface area contributed by atoms with Crippen molar-refractivity contribution in [1.29, 1.82) is 0 Å². The molecule has 5 nitrogen and oxygen atoms in total. The number of carboxylic acid groups (broad SMARTS) is 1. The average Bonchev–Trinajstić information content (AvgIpc) is 2.93. The molecular formula is C23H27F2NO4. The topological polar surface area (TPSA) is 77.8 Å². The molecule has 2 N–H and O–H groups in total. The second-order valence-electron chi connectivity index (χ2n) is 7.49. The normalized spacial score (nSPS) is 20.1. The van der Waals surface area contributed by atoms with Crippen LogP contribution in [0, 0.1) is 17.8 Å². The molecule has 0 spiro atoms. The van der Waals surface area contributed by atoms with Crippen molar-refractivity contribution in [2.45, 2.75) is 57.6 Å². The van der Waals surface area contributed by atoms with Crippen LogP contribution in [0.1, 0.15) is 49.0 Å². The van der Waals surface area contributed by atoms with E-state index in [1.165, 1.54) is 24.3 Å². The Morgan fingerprint density at radius 3 is 2.60 bits per heavy atom. The largest absolute Gasteiger partial charge is 0.478 e. The number of rotatable bonds is 8. The predicted molar refractivity (Wildman–Crippen MR) is 109 cm³/mol. The summed E-state index contributed by atoms with van der Waals surface area (Å²) in [6.45, 7) is 3.83. The minimum Gasteiger partial charge on any atom is -0.478 e. The predicted octanol–water partition coefficient (Wildman–Crippen LogP) is 3.52. The van der Waals surface area contributed by atoms with E-state index in [1.54, 1.807) is 12.1 Å². The maximum Gasteiger partial charge on any atom is 0.335 e. The molecule has 30 heavy (non-hydrogen) atoms. The lowest BCUT2D eigenvalue weighted by Gasteiger charge is -2.22. The Kier molecular flexibility index (Phi) is 8.13. The standard InChI is InChI=1S/C23H27F2NO4/c1-3-4-5-6-16(2)20(27)12-11-19-15-23(24,25)22(30)26(19)14-13-17-7-9-18(10-8-17)21(28)29/h7-12,16,19-20,27H,3,6,13-15H2,1-2H3,(H,28,29)/b12-11+/t16-,19+,20-/m1/s1. The first-order valence-corrected chi connectivity index (χ1v) is 9.99. The van der Waals surface area contributed by atoms with Gasteiger partial charge in [0.05, 0.1) is 17.7 Å². The van der Waals surface area contributed by atoms with Gasteiger partial charge in [0.1, 0.15) is 0 Å². The fourth-order valence-electron chi connectivity index (χ4n) is 3.23. The Hall–Kier alpha value is -2.72. The quantitative estimate of drug-likeness (QED) is 0.499. The summed E-state index contributed by atoms with van der Waals surface area (Å²) in [5.41, 5.74) is 0.879. The van der Waals surface area contributed by atoms with E-state index in [1.807, 2.05) is 13.8 Å². The molecule has 0 aromatic heterocycles. The van der Waals surface area contributed by atoms with E-state index in [-0.39, 0.29) is 18.0 Å². The summed E-state index contributed by atoms with van der Waals surface area (Å²) in [7, 11) is 0. The van der Waals surface area contributed by atoms with Gasteiger partial charge < -0.3 is 15.1 Å². The van der Waals surface area contributed by atoms with Crippen molar-refractivity contribution in [3.63, 3.8) is 0 Å². The fourth-order valence-corrected chi connectivity index (χ4v) is 3.23. The van der Waals surface area contributed by atoms with E-state index < -0.39 is 36.4 Å². The molecule has 0 aliphatic carbocycles. The van der Waals surface area contributed by atoms with Crippen molar-refractivity contribution in [3.05, 3.63) is 47.5 Å². The first-order chi connectivity index (χ1) is 14.2. The molecule has 7 heteroatoms. The molecular weight excluding hydrogens is 392 g/mol. The Bertz CT molecular complexity index is 839. The maximum absolute atomic E-state index is 14.0. The second kappa shape index (κ2) is 10.4. The van der Waals surface area contributed by atoms with Gasteiger partial charge in [0, 0.05) is 25.8 Å². The maximum atomic E-state index is 14.0. The Labute approximate surface area is 175 Å². The van der Waals surface area contributed by atoms with Crippen LogP contribution in [0.15, 0.2) is 36.4 Å². The number of carbonyl (C=O) groups is 2. The van der Waals surface area contributed by atoms with Crippen LogP contribution in [0.2, 0.25) is 0 Å². The zero-order valence-corrected chi connectivity index (χ0v) is 17.1. The summed E-state index contributed by atoms with van der Waals surface area (Å²) in [6.07, 6.45) is 3.01. The lowest BCUT2D eigenvalue weighted by atomic mass is 9.99. The lowest BCUT2D eigenvalue weighted by molar-refractivity contribution is -0.148. The molecule has 1 aromatic carbocycles. The Morgan fingerprint density at radius 2 is 2.00 bits per heavy atom. The average molecular weight is 419 g/mol. The third-order valence-electron chi connectivity index (χ3n) is 5.12. The number of halogens is 2. The first-order valence-electron chi connectivity index (χ1n) is 9.99. The summed E-state index contributed by atoms with van der Waals surface area (Å²) in [6, 6.07) is 5.28. The van der Waals surface area contributed by atoms with Crippen LogP contribution in [-0.4, -0.2) is 51.6 Å². The Morgan fingerprint density at radius 1 is 1.33 bits per heavy atom. The summed E-state index contributed by atoms with van der Waals surface area (Å²) in [5, 5.41) is 19.2. The van der Waals surface area contributed by atoms with Crippen molar-refractivity contribution in [1.82, 2.24) is 4.90 Å². The number of aliphatic hydroxyl groups excluding tert-OH is 1. The van der Waals surface area contributed by atoms with E-state index in [0.29, 0.717) is 12.8 Å². The summed E-state index contributed by atoms with van der Waals surface area (Å²) in [4.78, 5) is 24.2. The first kappa shape index (κ1) is 23.6. The van der Waals surface area contributed by atoms with Crippen molar-refractivity contribution >= 4 is 11.9 Å². The van der Waals surface area contributed by atoms with Gasteiger partial charge in [0.25, 0.3) is 5.91 Å². The highest BCUT2D eigenvalue weighted by atomic mass is 19.3. The Balaban J connectivity index is 2.04. The lowest BCUT2D eigenvalue weighted by Crippen LogP contribution is -2.37. The SMILES string of the molecule is CCC#CC[C@@H](C)[C@H](O)/C=C/[C@H]1CC(F)(F)C(=O)N1CCc1ccc(C(=O)O)cc1. The van der Waals surface area contributed by atoms with Gasteiger partial charge in [-0.1, -0.05) is 38.1 Å². The minimum atomic E-state index is -3.44. The molecule has 1 fully saturated rings. The van der Waals surface area contributed by atoms with Gasteiger partial charge in [-0.2, -0.15) is 8.78 Å². The molecule has 0 saturated carbocycles. The third kappa shape index (κ3) is 6.14. The van der Waals surface area contributed by atoms with E-state index >= 15 is 0 Å². The molecule has 1 amide bonds. The molecule has 1 heterocycles. The number of nitrogens with zero attached hydrogens (tertiary/aromatic N) is 1. The van der Waals surface area contributed by atoms with E-state index in [0.717, 1.165) is 16.9 Å². The number of alkyl halides is 2. The van der Waals surface area contributed by atoms with Gasteiger partial charge in [0.2, 0.25) is 0 Å². The van der Waals surface area contributed by atoms with Gasteiger partial charge in [0.15, 0.2) is 0 Å². The molecule has 162 valence electrons. The number of hydrogen-bond acceptors (Lipinski definition) is 3. The van der Waals surface area contributed by atoms with Gasteiger partial charge >= 0.3 is 11.9 Å². The highest BCUT2D eigenvalue weighted by molar-refractivity contribution is 5.87. The molecule has 2 rings (SSSR count). The summed E-state index contributed by atoms with van der Waals surface area (Å²) in [5.74, 6) is 0.0181. The van der Waals surface area contributed by atoms with Crippen LogP contribution in [0.25, 0.3) is 0 Å². The molecule has 0 unspecified atom stereocenters. The minimum absolute atomic E-state index is 0.0729. The van der Waals surface area contributed by atoms with Crippen LogP contribution >= 0.6 is 0 Å². The number of carboxylic acids is 1. The van der Waals surface area contributed by atoms with Crippen LogP contribution in [-0.2, 0) is 11.2 Å². The second-order valence-corrected chi connectivity index (χ2v) is 7.49. The van der Waals surface area contributed by atoms with Crippen molar-refractivity contribution in [2.24, 2.45) is 5.92 Å². The van der Waals surface area contributed by atoms with Crippen LogP contribution in [0.4, 0.5) is 8.78 Å². The van der Waals surface area contributed by atoms with E-state index in [4.69, 9.17) is 5.11 Å². The van der Waals surface area contributed by atoms with Crippen molar-refractivity contribution in [3.8, 4) is 11.8 Å². The number of hydrogen-bond donors (Lipinski definition) is 2. The molecule has 3 atom stereocenters. The third-order valence-corrected chi connectivity index (χ3v) is 5.12. The van der Waals surface area contributed by atoms with Crippen molar-refractivity contribution < 1.29 is 28.6 Å². The van der Waals surface area contributed by atoms with Gasteiger partial charge in [-0.15, -0.1) is 11.8 Å². The summed E-state index contributed by atoms with van der Waals surface area (Å²) < 4.78 is 28.0. The monoisotopic (exact) mass is 419 g/mol. The molecule has 1 saturated heterocycles. The van der Waals surface area contributed by atoms with Gasteiger partial charge in [-0.25, -0.2) is 4.79 Å². The molecule has 0 radical (unpaired) electrons. The number of amides is 1. The van der Waals surface area contributed by atoms with Crippen LogP contribution < -0.4 is 0 Å². The fraction of sp³-hybridized carbons (Fsp3) is 0.478. The zero-order chi connectivity index (χ0) is 22.3. The molecule has 0 bridgehead atoms. The highest BCUT2D eigenvalue weighted by Gasteiger charge is 2.52. The summed E-state index contributed by atoms with van der Waals surface area (Å²) >= 11 is 0. The number of likely N-dealkylation sites (tertiary alicyclic amines) is 1. The van der Waals surface area contributed by atoms with Crippen molar-refractivity contribution in [2.75, 3.05) is 6.54 Å². The number of benzene rings is 1. The molecule has 1 aliphatic rings. The zero-order valence-electron chi connectivity index (χ0n) is 17.1. The molecule has 1 aromatic rings. The van der Waals surface area contributed by atoms with E-state index in [2.05, 4.69) is 11.8 Å². The number of carbonyl (C=O) groups excluding carboxylic acids is 1. The van der Waals surface area contributed by atoms with E-state index in [9.17, 15) is 23.5 Å². The van der Waals surface area contributed by atoms with Gasteiger partial charge in [-0.3, -0.25) is 4.79 Å². The van der Waals surface area contributed by atoms with Crippen LogP contribution in [0.3, 0.4) is 0 Å². The van der Waals surface area contributed by atoms with Crippen LogP contribution in [0.5, 0.6) is 0 Å². The van der Waals surface area contributed by atoms with Gasteiger partial charge in [-0.05, 0) is 30.0 Å². The highest BCUT2D eigenvalue weighted by Crippen LogP contribution is 2.34. The number of aliphatic hydroxyl groups is 1.